The predicted octanol–water partition coefficient (Wildman–Crippen LogP) is 37.0. The first-order valence-corrected chi connectivity index (χ1v) is 47.2. The van der Waals surface area contributed by atoms with Gasteiger partial charge in [0.1, 0.15) is 34.0 Å². The molecule has 0 unspecified atom stereocenters. The van der Waals surface area contributed by atoms with Gasteiger partial charge in [0.25, 0.3) is 0 Å². The molecule has 21 aromatic carbocycles. The molecule has 27 rings (SSSR count). The zero-order valence-electron chi connectivity index (χ0n) is 76.7. The fourth-order valence-electron chi connectivity index (χ4n) is 21.3. The third-order valence-electron chi connectivity index (χ3n) is 28.8. The van der Waals surface area contributed by atoms with Gasteiger partial charge in [0.2, 0.25) is 0 Å². The third-order valence-corrected chi connectivity index (χ3v) is 28.8. The molecule has 0 bridgehead atoms. The molecule has 0 radical (unpaired) electrons. The van der Waals surface area contributed by atoms with E-state index in [1.165, 1.54) is 122 Å². The van der Waals surface area contributed by atoms with E-state index in [2.05, 4.69) is 460 Å². The summed E-state index contributed by atoms with van der Waals surface area (Å²) in [7, 11) is 0. The zero-order chi connectivity index (χ0) is 91.8. The van der Waals surface area contributed by atoms with Crippen LogP contribution in [0.25, 0.3) is 199 Å². The smallest absolute Gasteiger partial charge is 0.178 e. The maximum absolute atomic E-state index is 6.81. The van der Waals surface area contributed by atoms with Gasteiger partial charge in [0.15, 0.2) is 34.0 Å². The van der Waals surface area contributed by atoms with E-state index in [1.54, 1.807) is 0 Å². The summed E-state index contributed by atoms with van der Waals surface area (Å²) < 4.78 is 39.5. The predicted molar refractivity (Wildman–Crippen MR) is 566 cm³/mol. The molecule has 0 aliphatic carbocycles. The molecule has 0 saturated heterocycles. The number of benzene rings is 21. The lowest BCUT2D eigenvalue weighted by Crippen LogP contribution is -2.24. The van der Waals surface area contributed by atoms with E-state index in [4.69, 9.17) is 27.5 Å². The number of hydrogen-bond acceptors (Lipinski definition) is 6. The molecule has 0 saturated carbocycles. The lowest BCUT2D eigenvalue weighted by Gasteiger charge is -2.34. The summed E-state index contributed by atoms with van der Waals surface area (Å²) in [4.78, 5) is 0. The van der Waals surface area contributed by atoms with Crippen LogP contribution >= 0.6 is 0 Å². The van der Waals surface area contributed by atoms with Crippen LogP contribution in [0.4, 0.5) is 0 Å². The van der Waals surface area contributed by atoms with Crippen LogP contribution in [0.2, 0.25) is 0 Å². The second-order valence-corrected chi connectivity index (χ2v) is 38.1. The molecular weight excluding hydrogens is 1670 g/mol. The van der Waals surface area contributed by atoms with Gasteiger partial charge in [-0.05, 0) is 248 Å². The van der Waals surface area contributed by atoms with Crippen molar-refractivity contribution in [2.45, 2.75) is 57.8 Å². The van der Waals surface area contributed by atoms with Crippen LogP contribution in [0.15, 0.2) is 462 Å². The zero-order valence-corrected chi connectivity index (χ0v) is 76.7. The molecule has 0 amide bonds. The molecule has 0 atom stereocenters. The highest BCUT2D eigenvalue weighted by Crippen LogP contribution is 2.58. The number of rotatable bonds is 10. The highest BCUT2D eigenvalue weighted by molar-refractivity contribution is 6.15. The first kappa shape index (κ1) is 81.9. The fraction of sp³-hybridized carbons (Fsp3) is 0.0687. The van der Waals surface area contributed by atoms with Gasteiger partial charge >= 0.3 is 0 Å². The minimum absolute atomic E-state index is 0.227. The third kappa shape index (κ3) is 14.2. The lowest BCUT2D eigenvalue weighted by atomic mass is 9.74. The van der Waals surface area contributed by atoms with Crippen LogP contribution in [-0.2, 0) is 16.2 Å². The summed E-state index contributed by atoms with van der Waals surface area (Å²) in [6, 6.07) is 160. The second-order valence-electron chi connectivity index (χ2n) is 38.1. The Bertz CT molecular complexity index is 8790. The molecular formula is C131H92O6. The normalized spacial score (nSPS) is 13.4. The fourth-order valence-corrected chi connectivity index (χ4v) is 21.3. The maximum atomic E-state index is 6.81. The Morgan fingerprint density at radius 2 is 0.438 bits per heavy atom. The molecule has 3 aliphatic rings. The molecule has 0 N–H and O–H groups in total. The Kier molecular flexibility index (Phi) is 19.5. The minimum Gasteiger partial charge on any atom is -0.453 e. The Hall–Kier alpha value is -17.1. The highest BCUT2D eigenvalue weighted by Gasteiger charge is 2.41. The van der Waals surface area contributed by atoms with E-state index in [0.717, 1.165) is 145 Å². The number of fused-ring (bicyclic) bond motifs is 21. The molecule has 3 aliphatic heterocycles. The van der Waals surface area contributed by atoms with Gasteiger partial charge in [-0.15, -0.1) is 0 Å². The monoisotopic (exact) mass is 1760 g/mol. The summed E-state index contributed by atoms with van der Waals surface area (Å²) in [5.41, 5.74) is 34.9. The number of hydrogen-bond donors (Lipinski definition) is 0. The van der Waals surface area contributed by atoms with Crippen LogP contribution in [-0.4, -0.2) is 0 Å². The SMILES string of the molecule is CC1(C)c2cc(-c3cc(-c4ccccc4)cc(-c4ccccc4)c3)ccc2Oc2c1ccc1c2oc2ccc(-c3ccc(-c4ccccc4)cc3)cc21.CC1(C)c2cc(-c3cc(-c4ccccc4)cc(-c4ccccc4)c3)ccc2Oc2c1ccc1c2oc2ccccc21.CC1(C)c2ccc(-c3ccc(-c4cc5ccccc5c5ccccc45)cc3)cc2Oc2c1ccc1c2oc2ccccc21. The van der Waals surface area contributed by atoms with E-state index in [0.29, 0.717) is 0 Å². The number of ether oxygens (including phenoxy) is 3. The van der Waals surface area contributed by atoms with Crippen LogP contribution in [0, 0.1) is 0 Å². The number of para-hydroxylation sites is 2. The van der Waals surface area contributed by atoms with Crippen molar-refractivity contribution in [1.82, 2.24) is 0 Å². The number of furan rings is 3. The quantitative estimate of drug-likeness (QED) is 0.127. The van der Waals surface area contributed by atoms with Gasteiger partial charge in [0.05, 0.1) is 0 Å². The van der Waals surface area contributed by atoms with Crippen molar-refractivity contribution in [2.24, 2.45) is 0 Å². The van der Waals surface area contributed by atoms with E-state index >= 15 is 0 Å². The summed E-state index contributed by atoms with van der Waals surface area (Å²) in [6.45, 7) is 13.7. The Morgan fingerprint density at radius 1 is 0.153 bits per heavy atom. The average Bonchev–Trinajstić information content (AvgIpc) is 1.55. The summed E-state index contributed by atoms with van der Waals surface area (Å²) >= 11 is 0. The molecule has 3 aromatic heterocycles. The summed E-state index contributed by atoms with van der Waals surface area (Å²) in [5, 5.41) is 11.6. The van der Waals surface area contributed by atoms with E-state index < -0.39 is 0 Å². The molecule has 24 aromatic rings. The minimum atomic E-state index is -0.322. The van der Waals surface area contributed by atoms with Gasteiger partial charge in [-0.2, -0.15) is 0 Å². The Balaban J connectivity index is 0.000000110. The summed E-state index contributed by atoms with van der Waals surface area (Å²) in [6.07, 6.45) is 0. The van der Waals surface area contributed by atoms with Gasteiger partial charge in [-0.25, -0.2) is 0 Å². The Morgan fingerprint density at radius 3 is 0.876 bits per heavy atom. The lowest BCUT2D eigenvalue weighted by molar-refractivity contribution is 0.415. The van der Waals surface area contributed by atoms with E-state index in [-0.39, 0.29) is 16.2 Å². The van der Waals surface area contributed by atoms with Crippen molar-refractivity contribution in [3.8, 4) is 146 Å². The van der Waals surface area contributed by atoms with E-state index in [1.807, 2.05) is 30.3 Å². The molecule has 0 fully saturated rings. The molecule has 0 spiro atoms. The second kappa shape index (κ2) is 32.7. The van der Waals surface area contributed by atoms with Crippen LogP contribution in [0.3, 0.4) is 0 Å². The van der Waals surface area contributed by atoms with Crippen LogP contribution < -0.4 is 14.2 Å². The van der Waals surface area contributed by atoms with Gasteiger partial charge in [-0.1, -0.05) is 375 Å². The first-order chi connectivity index (χ1) is 67.1. The van der Waals surface area contributed by atoms with Gasteiger partial charge < -0.3 is 27.5 Å². The highest BCUT2D eigenvalue weighted by atomic mass is 16.5. The topological polar surface area (TPSA) is 67.1 Å². The maximum Gasteiger partial charge on any atom is 0.178 e. The van der Waals surface area contributed by atoms with Crippen LogP contribution in [0.1, 0.15) is 74.9 Å². The van der Waals surface area contributed by atoms with Crippen molar-refractivity contribution in [3.05, 3.63) is 482 Å². The van der Waals surface area contributed by atoms with E-state index in [9.17, 15) is 0 Å². The largest absolute Gasteiger partial charge is 0.453 e. The average molecular weight is 1760 g/mol. The van der Waals surface area contributed by atoms with Gasteiger partial charge in [0, 0.05) is 81.9 Å². The van der Waals surface area contributed by atoms with Gasteiger partial charge in [-0.3, -0.25) is 0 Å². The molecule has 6 nitrogen and oxygen atoms in total. The molecule has 652 valence electrons. The van der Waals surface area contributed by atoms with Crippen molar-refractivity contribution in [1.29, 1.82) is 0 Å². The van der Waals surface area contributed by atoms with Crippen molar-refractivity contribution < 1.29 is 27.5 Å². The summed E-state index contributed by atoms with van der Waals surface area (Å²) in [5.74, 6) is 5.06. The molecule has 137 heavy (non-hydrogen) atoms. The molecule has 6 heteroatoms. The van der Waals surface area contributed by atoms with Crippen molar-refractivity contribution in [2.75, 3.05) is 0 Å². The standard InChI is InChI=1S/C51H36O2.C41H28O2.C39H28O2/c1-51(2)45-25-24-43-44-31-38(37-20-18-36(19-21-37)33-12-6-3-7-13-33)22-26-47(44)52-49(43)50(45)53-48-27-23-39(32-46(48)51)42-29-40(34-14-8-4-9-15-34)28-41(30-42)35-16-10-5-11-17-35;1-41(2)35-21-19-27(24-38(35)43-40-36(41)22-20-33-32-13-7-8-14-37(32)42-39(33)40)25-15-17-26(18-16-25)34-23-28-9-3-4-10-29(28)30-11-5-6-12-31(30)34;1-39(2)33-19-18-32-31-15-9-10-16-35(31)40-37(32)38(33)41-36-20-17-27(24-34(36)39)30-22-28(25-11-5-3-6-12-25)21-29(23-30)26-13-7-4-8-14-26/h3-32H,1-2H3;3-24H,1-2H3;3-24H,1-2H3. The first-order valence-electron chi connectivity index (χ1n) is 47.2. The Labute approximate surface area is 795 Å². The molecule has 6 heterocycles. The van der Waals surface area contributed by atoms with Crippen molar-refractivity contribution in [3.63, 3.8) is 0 Å². The van der Waals surface area contributed by atoms with Crippen molar-refractivity contribution >= 4 is 87.4 Å². The van der Waals surface area contributed by atoms with Crippen LogP contribution in [0.5, 0.6) is 34.5 Å².